The first-order valence-electron chi connectivity index (χ1n) is 10.6. The molecule has 2 N–H and O–H groups in total. The number of aliphatic imine (C=N–C) groups is 5. The van der Waals surface area contributed by atoms with Gasteiger partial charge in [0.05, 0.1) is 18.9 Å². The van der Waals surface area contributed by atoms with E-state index in [0.717, 1.165) is 17.2 Å². The van der Waals surface area contributed by atoms with Gasteiger partial charge in [-0.05, 0) is 20.3 Å². The van der Waals surface area contributed by atoms with Gasteiger partial charge in [0.2, 0.25) is 6.43 Å². The van der Waals surface area contributed by atoms with Crippen molar-refractivity contribution in [2.45, 2.75) is 52.1 Å². The zero-order valence-corrected chi connectivity index (χ0v) is 17.9. The first-order chi connectivity index (χ1) is 14.9. The highest BCUT2D eigenvalue weighted by Crippen LogP contribution is 2.28. The molecule has 4 aliphatic rings. The van der Waals surface area contributed by atoms with E-state index < -0.39 is 24.6 Å². The van der Waals surface area contributed by atoms with Crippen LogP contribution in [0.1, 0.15) is 27.2 Å². The summed E-state index contributed by atoms with van der Waals surface area (Å²) >= 11 is 0. The van der Waals surface area contributed by atoms with Crippen molar-refractivity contribution in [1.29, 1.82) is 0 Å². The van der Waals surface area contributed by atoms with Crippen molar-refractivity contribution >= 4 is 29.9 Å². The molecule has 168 valence electrons. The average molecular weight is 434 g/mol. The fraction of sp³-hybridized carbons (Fsp3) is 0.650. The molecule has 0 saturated carbocycles. The van der Waals surface area contributed by atoms with Crippen LogP contribution in [0.3, 0.4) is 0 Å². The molecular weight excluding hydrogens is 406 g/mol. The van der Waals surface area contributed by atoms with E-state index in [1.165, 1.54) is 0 Å². The maximum absolute atomic E-state index is 12.8. The molecule has 0 radical (unpaired) electrons. The van der Waals surface area contributed by atoms with Gasteiger partial charge in [0, 0.05) is 37.3 Å². The lowest BCUT2D eigenvalue weighted by molar-refractivity contribution is -0.114. The molecule has 11 heteroatoms. The third-order valence-corrected chi connectivity index (χ3v) is 5.94. The van der Waals surface area contributed by atoms with Gasteiger partial charge in [0.1, 0.15) is 23.6 Å². The van der Waals surface area contributed by atoms with Crippen LogP contribution >= 0.6 is 0 Å². The van der Waals surface area contributed by atoms with Gasteiger partial charge in [-0.3, -0.25) is 14.9 Å². The molecule has 9 nitrogen and oxygen atoms in total. The van der Waals surface area contributed by atoms with Gasteiger partial charge in [-0.15, -0.1) is 0 Å². The number of hydrogen-bond donors (Lipinski definition) is 2. The number of rotatable bonds is 6. The first-order valence-corrected chi connectivity index (χ1v) is 10.6. The Balaban J connectivity index is 1.58. The van der Waals surface area contributed by atoms with Crippen LogP contribution in [-0.4, -0.2) is 95.9 Å². The monoisotopic (exact) mass is 434 g/mol. The topological polar surface area (TPSA) is 101 Å². The Morgan fingerprint density at radius 1 is 1.32 bits per heavy atom. The molecule has 0 bridgehead atoms. The maximum Gasteiger partial charge on any atom is 0.243 e. The number of halogens is 2. The Labute approximate surface area is 180 Å². The minimum atomic E-state index is -2.36. The average Bonchev–Trinajstić information content (AvgIpc) is 3.10. The van der Waals surface area contributed by atoms with E-state index in [9.17, 15) is 13.9 Å². The van der Waals surface area contributed by atoms with Crippen LogP contribution in [0.15, 0.2) is 36.4 Å². The minimum absolute atomic E-state index is 0.178. The molecule has 0 aromatic heterocycles. The molecule has 0 aromatic carbocycles. The number of amidine groups is 2. The molecular formula is C20H28F2N8O. The van der Waals surface area contributed by atoms with Gasteiger partial charge >= 0.3 is 0 Å². The van der Waals surface area contributed by atoms with Crippen LogP contribution in [0.2, 0.25) is 0 Å². The lowest BCUT2D eigenvalue weighted by atomic mass is 9.98. The Bertz CT molecular complexity index is 888. The van der Waals surface area contributed by atoms with Crippen LogP contribution in [0, 0.1) is 5.92 Å². The fourth-order valence-electron chi connectivity index (χ4n) is 4.03. The molecule has 31 heavy (non-hydrogen) atoms. The Kier molecular flexibility index (Phi) is 6.24. The number of nitrogens with zero attached hydrogens (tertiary/aromatic N) is 7. The Hall–Kier alpha value is -2.53. The SMILES string of the molecule is CC[C@H](N=C1NC=NC2C1=NC(=C1C=NC(C)=NC1)N2CC)C(O)N1CC(C(F)F)C1. The number of fused-ring (bicyclic) bond motifs is 1. The summed E-state index contributed by atoms with van der Waals surface area (Å²) in [7, 11) is 0. The Morgan fingerprint density at radius 2 is 2.10 bits per heavy atom. The van der Waals surface area contributed by atoms with Crippen LogP contribution in [0.25, 0.3) is 0 Å². The number of aliphatic hydroxyl groups is 1. The van der Waals surface area contributed by atoms with Crippen LogP contribution < -0.4 is 5.32 Å². The highest BCUT2D eigenvalue weighted by atomic mass is 19.3. The smallest absolute Gasteiger partial charge is 0.243 e. The van der Waals surface area contributed by atoms with Crippen molar-refractivity contribution in [2.75, 3.05) is 26.2 Å². The van der Waals surface area contributed by atoms with Crippen molar-refractivity contribution in [1.82, 2.24) is 15.1 Å². The van der Waals surface area contributed by atoms with Gasteiger partial charge in [-0.25, -0.2) is 23.8 Å². The third kappa shape index (κ3) is 4.16. The number of likely N-dealkylation sites (tertiary alicyclic amines) is 1. The normalized spacial score (nSPS) is 29.6. The van der Waals surface area contributed by atoms with Gasteiger partial charge in [0.25, 0.3) is 0 Å². The van der Waals surface area contributed by atoms with E-state index in [4.69, 9.17) is 9.98 Å². The summed E-state index contributed by atoms with van der Waals surface area (Å²) in [5.74, 6) is 1.36. The minimum Gasteiger partial charge on any atom is -0.376 e. The van der Waals surface area contributed by atoms with Crippen LogP contribution in [-0.2, 0) is 0 Å². The summed E-state index contributed by atoms with van der Waals surface area (Å²) in [5.41, 5.74) is 1.58. The number of hydrogen-bond acceptors (Lipinski definition) is 8. The molecule has 1 saturated heterocycles. The molecule has 4 rings (SSSR count). The predicted octanol–water partition coefficient (Wildman–Crippen LogP) is 1.13. The molecule has 3 atom stereocenters. The quantitative estimate of drug-likeness (QED) is 0.654. The van der Waals surface area contributed by atoms with Crippen molar-refractivity contribution in [3.05, 3.63) is 11.4 Å². The van der Waals surface area contributed by atoms with E-state index in [0.29, 0.717) is 31.1 Å². The van der Waals surface area contributed by atoms with E-state index in [1.807, 2.05) is 20.8 Å². The predicted molar refractivity (Wildman–Crippen MR) is 117 cm³/mol. The highest BCUT2D eigenvalue weighted by Gasteiger charge is 2.41. The first kappa shape index (κ1) is 21.7. The second-order valence-corrected chi connectivity index (χ2v) is 7.97. The van der Waals surface area contributed by atoms with Crippen molar-refractivity contribution in [3.63, 3.8) is 0 Å². The molecule has 4 heterocycles. The molecule has 1 fully saturated rings. The fourth-order valence-corrected chi connectivity index (χ4v) is 4.03. The second-order valence-electron chi connectivity index (χ2n) is 7.97. The number of alkyl halides is 2. The lowest BCUT2D eigenvalue weighted by Crippen LogP contribution is -2.58. The summed E-state index contributed by atoms with van der Waals surface area (Å²) in [4.78, 5) is 26.5. The summed E-state index contributed by atoms with van der Waals surface area (Å²) in [6, 6.07) is -0.466. The van der Waals surface area contributed by atoms with Crippen LogP contribution in [0.4, 0.5) is 8.78 Å². The van der Waals surface area contributed by atoms with Crippen molar-refractivity contribution in [2.24, 2.45) is 30.9 Å². The summed E-state index contributed by atoms with van der Waals surface area (Å²) in [6.07, 6.45) is 0.348. The zero-order valence-electron chi connectivity index (χ0n) is 17.9. The highest BCUT2D eigenvalue weighted by molar-refractivity contribution is 6.46. The second kappa shape index (κ2) is 8.91. The van der Waals surface area contributed by atoms with Gasteiger partial charge in [-0.2, -0.15) is 0 Å². The molecule has 0 amide bonds. The molecule has 0 spiro atoms. The summed E-state index contributed by atoms with van der Waals surface area (Å²) < 4.78 is 25.6. The zero-order chi connectivity index (χ0) is 22.1. The number of aliphatic hydroxyl groups excluding tert-OH is 1. The van der Waals surface area contributed by atoms with Crippen molar-refractivity contribution < 1.29 is 13.9 Å². The summed E-state index contributed by atoms with van der Waals surface area (Å²) in [5, 5.41) is 13.8. The van der Waals surface area contributed by atoms with Gasteiger partial charge < -0.3 is 15.3 Å². The van der Waals surface area contributed by atoms with E-state index in [1.54, 1.807) is 17.5 Å². The lowest BCUT2D eigenvalue weighted by Gasteiger charge is -2.43. The maximum atomic E-state index is 12.8. The largest absolute Gasteiger partial charge is 0.376 e. The van der Waals surface area contributed by atoms with Crippen LogP contribution in [0.5, 0.6) is 0 Å². The third-order valence-electron chi connectivity index (χ3n) is 5.94. The molecule has 0 aromatic rings. The molecule has 4 aliphatic heterocycles. The van der Waals surface area contributed by atoms with Gasteiger partial charge in [-0.1, -0.05) is 6.92 Å². The summed E-state index contributed by atoms with van der Waals surface area (Å²) in [6.45, 7) is 7.36. The molecule has 2 unspecified atom stereocenters. The van der Waals surface area contributed by atoms with Gasteiger partial charge in [0.15, 0.2) is 12.0 Å². The van der Waals surface area contributed by atoms with E-state index in [2.05, 4.69) is 25.2 Å². The van der Waals surface area contributed by atoms with E-state index >= 15 is 0 Å². The van der Waals surface area contributed by atoms with E-state index in [-0.39, 0.29) is 19.3 Å². The Morgan fingerprint density at radius 3 is 2.71 bits per heavy atom. The molecule has 0 aliphatic carbocycles. The standard InChI is InChI=1S/C20H28F2N8O/c1-4-14(20(31)29-8-13(9-29)16(21)22)27-17-15-19(26-10-25-17)30(5-2)18(28-15)12-6-23-11(3)24-7-12/h6,10,13-14,16,19-20,31H,4-5,7-9H2,1-3H3,(H,25,26,27)/t14-,19?,20?/m0/s1. The number of nitrogens with one attached hydrogen (secondary N) is 1. The van der Waals surface area contributed by atoms with Crippen molar-refractivity contribution in [3.8, 4) is 0 Å².